The first kappa shape index (κ1) is 16.9. The minimum absolute atomic E-state index is 0.0652. The molecule has 0 atom stereocenters. The van der Waals surface area contributed by atoms with Crippen LogP contribution in [0.3, 0.4) is 0 Å². The zero-order chi connectivity index (χ0) is 17.8. The van der Waals surface area contributed by atoms with Gasteiger partial charge in [-0.2, -0.15) is 0 Å². The lowest BCUT2D eigenvalue weighted by Gasteiger charge is -2.28. The van der Waals surface area contributed by atoms with Gasteiger partial charge in [-0.25, -0.2) is 14.2 Å². The summed E-state index contributed by atoms with van der Waals surface area (Å²) in [5.74, 6) is -0.155. The molecular weight excluding hydrogens is 325 g/mol. The van der Waals surface area contributed by atoms with Crippen molar-refractivity contribution in [1.29, 1.82) is 0 Å². The fraction of sp³-hybridized carbons (Fsp3) is 0.278. The molecule has 1 aliphatic heterocycles. The molecule has 2 amide bonds. The predicted octanol–water partition coefficient (Wildman–Crippen LogP) is 2.92. The number of ether oxygens (including phenoxy) is 1. The number of rotatable bonds is 4. The number of nitrogens with zero attached hydrogens (tertiary/aromatic N) is 2. The van der Waals surface area contributed by atoms with Crippen molar-refractivity contribution in [2.75, 3.05) is 18.1 Å². The summed E-state index contributed by atoms with van der Waals surface area (Å²) >= 11 is 0. The number of carbonyl (C=O) groups is 2. The Labute approximate surface area is 144 Å². The van der Waals surface area contributed by atoms with Crippen LogP contribution < -0.4 is 15.0 Å². The van der Waals surface area contributed by atoms with Gasteiger partial charge in [0.15, 0.2) is 5.78 Å². The molecule has 0 aliphatic carbocycles. The molecule has 7 heteroatoms. The largest absolute Gasteiger partial charge is 0.478 e. The number of hydrogen-bond acceptors (Lipinski definition) is 4. The summed E-state index contributed by atoms with van der Waals surface area (Å²) in [4.78, 5) is 30.2. The van der Waals surface area contributed by atoms with E-state index in [0.29, 0.717) is 23.7 Å². The monoisotopic (exact) mass is 343 g/mol. The van der Waals surface area contributed by atoms with E-state index in [1.165, 1.54) is 11.0 Å². The molecule has 1 aromatic heterocycles. The van der Waals surface area contributed by atoms with E-state index in [0.717, 1.165) is 0 Å². The van der Waals surface area contributed by atoms with Crippen molar-refractivity contribution in [3.8, 4) is 5.88 Å². The highest BCUT2D eigenvalue weighted by atomic mass is 19.1. The Morgan fingerprint density at radius 3 is 2.88 bits per heavy atom. The Morgan fingerprint density at radius 1 is 1.32 bits per heavy atom. The van der Waals surface area contributed by atoms with E-state index in [2.05, 4.69) is 10.3 Å². The maximum absolute atomic E-state index is 13.7. The zero-order valence-corrected chi connectivity index (χ0v) is 13.8. The highest BCUT2D eigenvalue weighted by molar-refractivity contribution is 6.07. The maximum Gasteiger partial charge on any atom is 0.322 e. The number of carbonyl (C=O) groups excluding carboxylic acids is 2. The lowest BCUT2D eigenvalue weighted by Crippen LogP contribution is -2.44. The third-order valence-corrected chi connectivity index (χ3v) is 3.89. The van der Waals surface area contributed by atoms with Crippen LogP contribution in [0.25, 0.3) is 0 Å². The number of hydrogen-bond donors (Lipinski definition) is 1. The van der Waals surface area contributed by atoms with Crippen LogP contribution in [0.2, 0.25) is 0 Å². The Balaban J connectivity index is 1.77. The molecular formula is C18H18FN3O3. The third kappa shape index (κ3) is 3.60. The van der Waals surface area contributed by atoms with E-state index < -0.39 is 6.03 Å². The molecule has 2 heterocycles. The van der Waals surface area contributed by atoms with Gasteiger partial charge in [0.2, 0.25) is 5.88 Å². The second-order valence-electron chi connectivity index (χ2n) is 5.53. The molecule has 1 aromatic carbocycles. The van der Waals surface area contributed by atoms with Crippen LogP contribution in [0.15, 0.2) is 36.4 Å². The number of nitrogens with one attached hydrogen (secondary N) is 1. The lowest BCUT2D eigenvalue weighted by atomic mass is 10.1. The van der Waals surface area contributed by atoms with Gasteiger partial charge < -0.3 is 10.1 Å². The van der Waals surface area contributed by atoms with Crippen molar-refractivity contribution in [3.05, 3.63) is 53.5 Å². The molecule has 130 valence electrons. The molecule has 0 spiro atoms. The third-order valence-electron chi connectivity index (χ3n) is 3.89. The molecule has 0 saturated carbocycles. The quantitative estimate of drug-likeness (QED) is 0.926. The minimum Gasteiger partial charge on any atom is -0.478 e. The van der Waals surface area contributed by atoms with Crippen molar-refractivity contribution in [2.24, 2.45) is 0 Å². The molecule has 0 unspecified atom stereocenters. The fourth-order valence-electron chi connectivity index (χ4n) is 2.66. The zero-order valence-electron chi connectivity index (χ0n) is 13.8. The number of Topliss-reactive ketones (excluding diaryl/α,β-unsaturated/α-hetero) is 1. The number of amides is 2. The summed E-state index contributed by atoms with van der Waals surface area (Å²) in [6, 6.07) is 9.12. The Morgan fingerprint density at radius 2 is 2.12 bits per heavy atom. The van der Waals surface area contributed by atoms with Crippen LogP contribution in [0.5, 0.6) is 5.88 Å². The average Bonchev–Trinajstić information content (AvgIpc) is 2.62. The van der Waals surface area contributed by atoms with E-state index in [1.54, 1.807) is 30.3 Å². The number of fused-ring (bicyclic) bond motifs is 1. The molecule has 2 aromatic rings. The van der Waals surface area contributed by atoms with Crippen LogP contribution >= 0.6 is 0 Å². The summed E-state index contributed by atoms with van der Waals surface area (Å²) in [5.41, 5.74) is 1.05. The van der Waals surface area contributed by atoms with Crippen molar-refractivity contribution >= 4 is 17.5 Å². The normalized spacial score (nSPS) is 13.4. The molecule has 1 N–H and O–H groups in total. The summed E-state index contributed by atoms with van der Waals surface area (Å²) in [7, 11) is 0. The first-order valence-corrected chi connectivity index (χ1v) is 8.06. The molecule has 0 bridgehead atoms. The molecule has 25 heavy (non-hydrogen) atoms. The van der Waals surface area contributed by atoms with Crippen LogP contribution in [0, 0.1) is 5.82 Å². The van der Waals surface area contributed by atoms with Gasteiger partial charge in [0.1, 0.15) is 11.5 Å². The number of anilines is 1. The molecule has 0 radical (unpaired) electrons. The molecule has 6 nitrogen and oxygen atoms in total. The van der Waals surface area contributed by atoms with E-state index >= 15 is 0 Å². The second kappa shape index (κ2) is 7.29. The number of pyridine rings is 1. The van der Waals surface area contributed by atoms with Crippen LogP contribution in [-0.2, 0) is 6.54 Å². The first-order chi connectivity index (χ1) is 12.1. The highest BCUT2D eigenvalue weighted by Crippen LogP contribution is 2.28. The summed E-state index contributed by atoms with van der Waals surface area (Å²) in [6.07, 6.45) is 0.183. The van der Waals surface area contributed by atoms with Gasteiger partial charge in [-0.1, -0.05) is 18.2 Å². The summed E-state index contributed by atoms with van der Waals surface area (Å²) in [5, 5.41) is 2.68. The van der Waals surface area contributed by atoms with Gasteiger partial charge in [0, 0.05) is 31.1 Å². The van der Waals surface area contributed by atoms with Gasteiger partial charge in [0.25, 0.3) is 0 Å². The van der Waals surface area contributed by atoms with Crippen LogP contribution in [0.4, 0.5) is 14.9 Å². The van der Waals surface area contributed by atoms with Crippen molar-refractivity contribution in [2.45, 2.75) is 19.9 Å². The van der Waals surface area contributed by atoms with Gasteiger partial charge in [0.05, 0.1) is 12.3 Å². The second-order valence-corrected chi connectivity index (χ2v) is 5.53. The SMILES string of the molecule is CCOc1ccc2c(n1)C(=O)CCN2C(=O)NCc1ccccc1F. The van der Waals surface area contributed by atoms with Gasteiger partial charge in [-0.3, -0.25) is 9.69 Å². The van der Waals surface area contributed by atoms with E-state index in [4.69, 9.17) is 4.74 Å². The minimum atomic E-state index is -0.400. The molecule has 0 saturated heterocycles. The topological polar surface area (TPSA) is 71.5 Å². The maximum atomic E-state index is 13.7. The Bertz CT molecular complexity index is 810. The lowest BCUT2D eigenvalue weighted by molar-refractivity contribution is 0.0974. The highest BCUT2D eigenvalue weighted by Gasteiger charge is 2.29. The van der Waals surface area contributed by atoms with Crippen LogP contribution in [0.1, 0.15) is 29.4 Å². The number of ketones is 1. The Kier molecular flexibility index (Phi) is 4.92. The smallest absolute Gasteiger partial charge is 0.322 e. The molecule has 1 aliphatic rings. The van der Waals surface area contributed by atoms with Crippen molar-refractivity contribution in [3.63, 3.8) is 0 Å². The average molecular weight is 343 g/mol. The Hall–Kier alpha value is -2.96. The molecule has 3 rings (SSSR count). The van der Waals surface area contributed by atoms with E-state index in [1.807, 2.05) is 6.92 Å². The van der Waals surface area contributed by atoms with Gasteiger partial charge in [-0.05, 0) is 19.1 Å². The number of halogens is 1. The van der Waals surface area contributed by atoms with E-state index in [9.17, 15) is 14.0 Å². The summed E-state index contributed by atoms with van der Waals surface area (Å²) < 4.78 is 19.0. The fourth-order valence-corrected chi connectivity index (χ4v) is 2.66. The van der Waals surface area contributed by atoms with Crippen molar-refractivity contribution in [1.82, 2.24) is 10.3 Å². The predicted molar refractivity (Wildman–Crippen MR) is 90.3 cm³/mol. The summed E-state index contributed by atoms with van der Waals surface area (Å²) in [6.45, 7) is 2.58. The first-order valence-electron chi connectivity index (χ1n) is 8.06. The van der Waals surface area contributed by atoms with Gasteiger partial charge >= 0.3 is 6.03 Å². The number of aromatic nitrogens is 1. The van der Waals surface area contributed by atoms with Crippen LogP contribution in [-0.4, -0.2) is 29.9 Å². The standard InChI is InChI=1S/C18H18FN3O3/c1-2-25-16-8-7-14-17(21-16)15(23)9-10-22(14)18(24)20-11-12-5-3-4-6-13(12)19/h3-8H,2,9-11H2,1H3,(H,20,24). The van der Waals surface area contributed by atoms with Crippen molar-refractivity contribution < 1.29 is 18.7 Å². The number of benzene rings is 1. The van der Waals surface area contributed by atoms with E-state index in [-0.39, 0.29) is 36.8 Å². The number of urea groups is 1. The molecule has 0 fully saturated rings. The van der Waals surface area contributed by atoms with Gasteiger partial charge in [-0.15, -0.1) is 0 Å².